The molecule has 0 saturated heterocycles. The number of pyridine rings is 1. The lowest BCUT2D eigenvalue weighted by Crippen LogP contribution is -2.30. The third kappa shape index (κ3) is 6.19. The third-order valence-electron chi connectivity index (χ3n) is 6.31. The number of primary amides is 1. The number of amides is 1. The largest absolute Gasteiger partial charge is 0.573 e. The molecule has 0 fully saturated rings. The molecule has 1 amide bonds. The summed E-state index contributed by atoms with van der Waals surface area (Å²) in [5, 5.41) is 0. The fourth-order valence-corrected chi connectivity index (χ4v) is 4.32. The van der Waals surface area contributed by atoms with Crippen LogP contribution in [0.5, 0.6) is 11.5 Å². The lowest BCUT2D eigenvalue weighted by atomic mass is 9.84. The molecule has 4 aromatic rings. The minimum absolute atomic E-state index is 0.204. The predicted octanol–water partition coefficient (Wildman–Crippen LogP) is 5.14. The molecule has 0 aliphatic rings. The zero-order valence-corrected chi connectivity index (χ0v) is 20.6. The fourth-order valence-electron chi connectivity index (χ4n) is 4.32. The third-order valence-corrected chi connectivity index (χ3v) is 6.31. The Hall–Kier alpha value is -4.08. The van der Waals surface area contributed by atoms with Gasteiger partial charge in [0.25, 0.3) is 0 Å². The topological polar surface area (TPSA) is 92.3 Å². The average molecular weight is 513 g/mol. The number of halogens is 3. The van der Waals surface area contributed by atoms with Gasteiger partial charge in [-0.2, -0.15) is 0 Å². The summed E-state index contributed by atoms with van der Waals surface area (Å²) in [5.74, 6) is -0.213. The number of hydrogen-bond acceptors (Lipinski definition) is 5. The Kier molecular flexibility index (Phi) is 7.37. The Morgan fingerprint density at radius 1 is 1.08 bits per heavy atom. The number of rotatable bonds is 9. The molecule has 0 spiro atoms. The number of benzene rings is 2. The van der Waals surface area contributed by atoms with Crippen LogP contribution in [-0.2, 0) is 17.8 Å². The zero-order valence-electron chi connectivity index (χ0n) is 20.6. The zero-order chi connectivity index (χ0) is 26.7. The number of nitrogens with two attached hydrogens (primary N) is 1. The smallest absolute Gasteiger partial charge is 0.497 e. The van der Waals surface area contributed by atoms with E-state index in [1.54, 1.807) is 25.4 Å². The van der Waals surface area contributed by atoms with E-state index in [-0.39, 0.29) is 24.6 Å². The Morgan fingerprint density at radius 2 is 1.73 bits per heavy atom. The monoisotopic (exact) mass is 512 g/mol. The number of alkyl halides is 3. The molecule has 1 unspecified atom stereocenters. The van der Waals surface area contributed by atoms with Crippen LogP contribution in [0.15, 0.2) is 60.8 Å². The van der Waals surface area contributed by atoms with Gasteiger partial charge in [0.15, 0.2) is 5.65 Å². The highest BCUT2D eigenvalue weighted by Crippen LogP contribution is 2.30. The molecule has 2 N–H and O–H groups in total. The first-order valence-corrected chi connectivity index (χ1v) is 11.6. The molecule has 7 nitrogen and oxygen atoms in total. The van der Waals surface area contributed by atoms with Crippen molar-refractivity contribution in [2.24, 2.45) is 11.7 Å². The molecule has 0 aliphatic heterocycles. The summed E-state index contributed by atoms with van der Waals surface area (Å²) < 4.78 is 48.7. The van der Waals surface area contributed by atoms with Crippen LogP contribution < -0.4 is 15.2 Å². The lowest BCUT2D eigenvalue weighted by molar-refractivity contribution is -0.274. The first-order chi connectivity index (χ1) is 17.5. The van der Waals surface area contributed by atoms with Gasteiger partial charge >= 0.3 is 6.36 Å². The molecule has 4 rings (SSSR count). The van der Waals surface area contributed by atoms with Gasteiger partial charge in [-0.15, -0.1) is 13.2 Å². The fraction of sp³-hybridized carbons (Fsp3) is 0.296. The molecule has 37 heavy (non-hydrogen) atoms. The molecule has 0 aliphatic carbocycles. The van der Waals surface area contributed by atoms with E-state index in [2.05, 4.69) is 9.72 Å². The minimum atomic E-state index is -4.76. The highest BCUT2D eigenvalue weighted by atomic mass is 19.4. The maximum Gasteiger partial charge on any atom is 0.573 e. The van der Waals surface area contributed by atoms with Crippen LogP contribution in [0.2, 0.25) is 0 Å². The second kappa shape index (κ2) is 10.5. The van der Waals surface area contributed by atoms with Crippen molar-refractivity contribution in [3.63, 3.8) is 0 Å². The maximum absolute atomic E-state index is 12.6. The van der Waals surface area contributed by atoms with E-state index in [4.69, 9.17) is 15.5 Å². The van der Waals surface area contributed by atoms with E-state index in [1.807, 2.05) is 48.7 Å². The van der Waals surface area contributed by atoms with Crippen LogP contribution in [0.3, 0.4) is 0 Å². The summed E-state index contributed by atoms with van der Waals surface area (Å²) in [6, 6.07) is 15.0. The van der Waals surface area contributed by atoms with Gasteiger partial charge < -0.3 is 19.8 Å². The van der Waals surface area contributed by atoms with Gasteiger partial charge in [0.2, 0.25) is 5.91 Å². The van der Waals surface area contributed by atoms with Crippen molar-refractivity contribution in [3.05, 3.63) is 83.3 Å². The van der Waals surface area contributed by atoms with Crippen molar-refractivity contribution in [3.8, 4) is 11.5 Å². The maximum atomic E-state index is 12.6. The minimum Gasteiger partial charge on any atom is -0.497 e. The number of carbonyl (C=O) groups excluding carboxylic acids is 1. The summed E-state index contributed by atoms with van der Waals surface area (Å²) in [5.41, 5.74) is 9.69. The average Bonchev–Trinajstić information content (AvgIpc) is 3.18. The van der Waals surface area contributed by atoms with Crippen LogP contribution >= 0.6 is 0 Å². The number of imidazole rings is 1. The highest BCUT2D eigenvalue weighted by Gasteiger charge is 2.31. The summed E-state index contributed by atoms with van der Waals surface area (Å²) >= 11 is 0. The van der Waals surface area contributed by atoms with Gasteiger partial charge in [0.1, 0.15) is 22.8 Å². The first-order valence-electron chi connectivity index (χ1n) is 11.6. The molecular weight excluding hydrogens is 485 g/mol. The Balaban J connectivity index is 1.67. The van der Waals surface area contributed by atoms with E-state index in [1.165, 1.54) is 12.1 Å². The van der Waals surface area contributed by atoms with E-state index >= 15 is 0 Å². The molecule has 2 aromatic heterocycles. The number of hydrogen-bond donors (Lipinski definition) is 1. The molecule has 0 radical (unpaired) electrons. The molecular formula is C27H27F3N4O3. The summed E-state index contributed by atoms with van der Waals surface area (Å²) in [6.45, 7) is 4.13. The summed E-state index contributed by atoms with van der Waals surface area (Å²) in [7, 11) is 1.59. The van der Waals surface area contributed by atoms with E-state index in [0.29, 0.717) is 22.7 Å². The molecule has 194 valence electrons. The lowest BCUT2D eigenvalue weighted by Gasteiger charge is -2.22. The standard InChI is InChI=1S/C27H27F3N4O3/c1-16-12-23-26(32-14-16)34(15-18-4-8-21(9-5-18)37-27(28,29)30)24(33-23)13-22(25(31)35)17(2)19-6-10-20(36-3)11-7-19/h4-12,14,17,22H,13,15H2,1-3H3,(H2,31,35)/t17-,22?/m1/s1. The number of aryl methyl sites for hydroxylation is 1. The van der Waals surface area contributed by atoms with Crippen LogP contribution in [0.4, 0.5) is 13.2 Å². The summed E-state index contributed by atoms with van der Waals surface area (Å²) in [4.78, 5) is 21.9. The Labute approximate surface area is 212 Å². The second-order valence-electron chi connectivity index (χ2n) is 8.94. The predicted molar refractivity (Wildman–Crippen MR) is 132 cm³/mol. The number of methoxy groups -OCH3 is 1. The van der Waals surface area contributed by atoms with Crippen LogP contribution in [0.25, 0.3) is 11.2 Å². The number of nitrogens with zero attached hydrogens (tertiary/aromatic N) is 3. The van der Waals surface area contributed by atoms with E-state index in [9.17, 15) is 18.0 Å². The Morgan fingerprint density at radius 3 is 2.32 bits per heavy atom. The van der Waals surface area contributed by atoms with Gasteiger partial charge in [0, 0.05) is 12.6 Å². The molecule has 0 bridgehead atoms. The van der Waals surface area contributed by atoms with Crippen molar-refractivity contribution in [1.29, 1.82) is 0 Å². The van der Waals surface area contributed by atoms with Crippen LogP contribution in [0, 0.1) is 12.8 Å². The van der Waals surface area contributed by atoms with Gasteiger partial charge in [-0.1, -0.05) is 31.2 Å². The normalized spacial score (nSPS) is 13.4. The van der Waals surface area contributed by atoms with Crippen molar-refractivity contribution < 1.29 is 27.4 Å². The van der Waals surface area contributed by atoms with Crippen LogP contribution in [0.1, 0.15) is 35.4 Å². The highest BCUT2D eigenvalue weighted by molar-refractivity contribution is 5.78. The van der Waals surface area contributed by atoms with Crippen molar-refractivity contribution in [2.75, 3.05) is 7.11 Å². The summed E-state index contributed by atoms with van der Waals surface area (Å²) in [6.07, 6.45) is -2.79. The van der Waals surface area contributed by atoms with E-state index < -0.39 is 18.2 Å². The molecule has 2 aromatic carbocycles. The molecule has 10 heteroatoms. The van der Waals surface area contributed by atoms with Gasteiger partial charge in [-0.05, 0) is 59.9 Å². The number of ether oxygens (including phenoxy) is 2. The molecule has 0 saturated carbocycles. The van der Waals surface area contributed by atoms with Crippen LogP contribution in [-0.4, -0.2) is 33.9 Å². The number of aromatic nitrogens is 3. The van der Waals surface area contributed by atoms with Gasteiger partial charge in [-0.3, -0.25) is 4.79 Å². The van der Waals surface area contributed by atoms with Crippen molar-refractivity contribution in [2.45, 2.75) is 39.1 Å². The van der Waals surface area contributed by atoms with Crippen molar-refractivity contribution in [1.82, 2.24) is 14.5 Å². The van der Waals surface area contributed by atoms with Gasteiger partial charge in [-0.25, -0.2) is 9.97 Å². The molecule has 2 heterocycles. The SMILES string of the molecule is COc1ccc([C@@H](C)C(Cc2nc3cc(C)cnc3n2Cc2ccc(OC(F)(F)F)cc2)C(N)=O)cc1. The van der Waals surface area contributed by atoms with Gasteiger partial charge in [0.05, 0.1) is 19.6 Å². The quantitative estimate of drug-likeness (QED) is 0.335. The first kappa shape index (κ1) is 26.0. The Bertz CT molecular complexity index is 1380. The second-order valence-corrected chi connectivity index (χ2v) is 8.94. The van der Waals surface area contributed by atoms with Crippen molar-refractivity contribution >= 4 is 17.1 Å². The number of carbonyl (C=O) groups is 1. The van der Waals surface area contributed by atoms with E-state index in [0.717, 1.165) is 16.7 Å². The molecule has 2 atom stereocenters. The number of fused-ring (bicyclic) bond motifs is 1.